The maximum Gasteiger partial charge on any atom is 0.328 e. The number of nitrogens with zero attached hydrogens (tertiary/aromatic N) is 3. The van der Waals surface area contributed by atoms with Crippen molar-refractivity contribution in [3.05, 3.63) is 41.2 Å². The molecule has 2 aromatic rings. The molecule has 0 radical (unpaired) electrons. The number of hydrogen-bond acceptors (Lipinski definition) is 8. The second kappa shape index (κ2) is 7.98. The SMILES string of the molecule is C[C@H](NC(=O)c1ccc(C(C)(C)C)cc1)C(=O)OCc1nc(N)nc(N)n1. The Bertz CT molecular complexity index is 810. The number of anilines is 2. The van der Waals surface area contributed by atoms with Crippen molar-refractivity contribution < 1.29 is 14.3 Å². The summed E-state index contributed by atoms with van der Waals surface area (Å²) in [5.41, 5.74) is 12.5. The van der Waals surface area contributed by atoms with Crippen LogP contribution in [0, 0.1) is 0 Å². The van der Waals surface area contributed by atoms with Gasteiger partial charge in [-0.3, -0.25) is 4.79 Å². The van der Waals surface area contributed by atoms with Gasteiger partial charge >= 0.3 is 5.97 Å². The van der Waals surface area contributed by atoms with E-state index in [2.05, 4.69) is 41.0 Å². The molecule has 0 saturated carbocycles. The normalized spacial score (nSPS) is 12.3. The van der Waals surface area contributed by atoms with Crippen LogP contribution < -0.4 is 16.8 Å². The molecule has 0 aliphatic rings. The van der Waals surface area contributed by atoms with Crippen LogP contribution in [-0.4, -0.2) is 32.9 Å². The van der Waals surface area contributed by atoms with Crippen molar-refractivity contribution in [3.63, 3.8) is 0 Å². The fourth-order valence-electron chi connectivity index (χ4n) is 2.24. The Hall–Kier alpha value is -3.23. The predicted molar refractivity (Wildman–Crippen MR) is 101 cm³/mol. The van der Waals surface area contributed by atoms with Crippen molar-refractivity contribution in [2.24, 2.45) is 0 Å². The maximum absolute atomic E-state index is 12.3. The number of benzene rings is 1. The topological polar surface area (TPSA) is 146 Å². The van der Waals surface area contributed by atoms with Gasteiger partial charge in [-0.1, -0.05) is 32.9 Å². The first-order chi connectivity index (χ1) is 12.6. The first kappa shape index (κ1) is 20.1. The molecule has 2 rings (SSSR count). The van der Waals surface area contributed by atoms with E-state index in [9.17, 15) is 9.59 Å². The molecule has 0 aliphatic heterocycles. The first-order valence-corrected chi connectivity index (χ1v) is 8.40. The lowest BCUT2D eigenvalue weighted by Gasteiger charge is -2.19. The van der Waals surface area contributed by atoms with Gasteiger partial charge in [-0.05, 0) is 30.0 Å². The van der Waals surface area contributed by atoms with Gasteiger partial charge in [-0.15, -0.1) is 0 Å². The lowest BCUT2D eigenvalue weighted by atomic mass is 9.86. The first-order valence-electron chi connectivity index (χ1n) is 8.40. The number of esters is 1. The van der Waals surface area contributed by atoms with Gasteiger partial charge in [0.25, 0.3) is 5.91 Å². The summed E-state index contributed by atoms with van der Waals surface area (Å²) in [6.45, 7) is 7.58. The third kappa shape index (κ3) is 5.63. The fourth-order valence-corrected chi connectivity index (χ4v) is 2.24. The molecule has 5 N–H and O–H groups in total. The molecule has 0 bridgehead atoms. The number of ether oxygens (including phenoxy) is 1. The summed E-state index contributed by atoms with van der Waals surface area (Å²) in [4.78, 5) is 35.6. The highest BCUT2D eigenvalue weighted by atomic mass is 16.5. The number of carbonyl (C=O) groups excluding carboxylic acids is 2. The zero-order valence-corrected chi connectivity index (χ0v) is 15.8. The summed E-state index contributed by atoms with van der Waals surface area (Å²) in [7, 11) is 0. The summed E-state index contributed by atoms with van der Waals surface area (Å²) >= 11 is 0. The molecular weight excluding hydrogens is 348 g/mol. The van der Waals surface area contributed by atoms with Crippen LogP contribution in [0.5, 0.6) is 0 Å². The van der Waals surface area contributed by atoms with E-state index in [0.29, 0.717) is 5.56 Å². The molecule has 9 nitrogen and oxygen atoms in total. The molecule has 1 heterocycles. The highest BCUT2D eigenvalue weighted by molar-refractivity contribution is 5.96. The van der Waals surface area contributed by atoms with Crippen LogP contribution in [-0.2, 0) is 21.6 Å². The van der Waals surface area contributed by atoms with Crippen molar-refractivity contribution in [3.8, 4) is 0 Å². The number of carbonyl (C=O) groups is 2. The van der Waals surface area contributed by atoms with Gasteiger partial charge in [0, 0.05) is 5.56 Å². The standard InChI is InChI=1S/C18H24N6O3/c1-10(15(26)27-9-13-22-16(19)24-17(20)23-13)21-14(25)11-5-7-12(8-6-11)18(2,3)4/h5-8,10H,9H2,1-4H3,(H,21,25)(H4,19,20,22,23,24)/t10-/m0/s1. The molecule has 27 heavy (non-hydrogen) atoms. The number of amides is 1. The average Bonchev–Trinajstić information content (AvgIpc) is 2.58. The fraction of sp³-hybridized carbons (Fsp3) is 0.389. The van der Waals surface area contributed by atoms with Crippen molar-refractivity contribution in [1.82, 2.24) is 20.3 Å². The van der Waals surface area contributed by atoms with E-state index in [4.69, 9.17) is 16.2 Å². The van der Waals surface area contributed by atoms with Gasteiger partial charge in [0.05, 0.1) is 0 Å². The van der Waals surface area contributed by atoms with Gasteiger partial charge in [0.15, 0.2) is 12.4 Å². The highest BCUT2D eigenvalue weighted by Crippen LogP contribution is 2.22. The molecule has 0 saturated heterocycles. The van der Waals surface area contributed by atoms with E-state index in [0.717, 1.165) is 5.56 Å². The van der Waals surface area contributed by atoms with Gasteiger partial charge in [0.1, 0.15) is 6.04 Å². The number of hydrogen-bond donors (Lipinski definition) is 3. The lowest BCUT2D eigenvalue weighted by molar-refractivity contribution is -0.147. The van der Waals surface area contributed by atoms with Crippen LogP contribution in [0.3, 0.4) is 0 Å². The molecule has 144 valence electrons. The molecule has 0 fully saturated rings. The quantitative estimate of drug-likeness (QED) is 0.663. The van der Waals surface area contributed by atoms with E-state index < -0.39 is 12.0 Å². The molecule has 0 spiro atoms. The van der Waals surface area contributed by atoms with Gasteiger partial charge in [-0.2, -0.15) is 15.0 Å². The van der Waals surface area contributed by atoms with Crippen molar-refractivity contribution >= 4 is 23.8 Å². The molecule has 1 aromatic carbocycles. The van der Waals surface area contributed by atoms with E-state index in [-0.39, 0.29) is 35.7 Å². The Labute approximate surface area is 157 Å². The minimum absolute atomic E-state index is 0.00603. The number of nitrogens with one attached hydrogen (secondary N) is 1. The Morgan fingerprint density at radius 2 is 1.63 bits per heavy atom. The minimum Gasteiger partial charge on any atom is -0.456 e. The number of rotatable bonds is 5. The van der Waals surface area contributed by atoms with E-state index in [1.54, 1.807) is 12.1 Å². The minimum atomic E-state index is -0.851. The van der Waals surface area contributed by atoms with E-state index in [1.807, 2.05) is 12.1 Å². The van der Waals surface area contributed by atoms with Gasteiger partial charge in [0.2, 0.25) is 11.9 Å². The molecular formula is C18H24N6O3. The van der Waals surface area contributed by atoms with Crippen LogP contribution in [0.15, 0.2) is 24.3 Å². The Balaban J connectivity index is 1.92. The number of aromatic nitrogens is 3. The van der Waals surface area contributed by atoms with Crippen LogP contribution in [0.25, 0.3) is 0 Å². The molecule has 1 aromatic heterocycles. The highest BCUT2D eigenvalue weighted by Gasteiger charge is 2.20. The largest absolute Gasteiger partial charge is 0.456 e. The summed E-state index contributed by atoms with van der Waals surface area (Å²) in [6.07, 6.45) is 0. The van der Waals surface area contributed by atoms with Crippen LogP contribution in [0.1, 0.15) is 49.4 Å². The molecule has 0 unspecified atom stereocenters. The van der Waals surface area contributed by atoms with Crippen LogP contribution in [0.2, 0.25) is 0 Å². The predicted octanol–water partition coefficient (Wildman–Crippen LogP) is 1.20. The number of nitrogens with two attached hydrogens (primary N) is 2. The second-order valence-corrected chi connectivity index (χ2v) is 7.10. The van der Waals surface area contributed by atoms with Crippen molar-refractivity contribution in [2.75, 3.05) is 11.5 Å². The van der Waals surface area contributed by atoms with Crippen LogP contribution in [0.4, 0.5) is 11.9 Å². The van der Waals surface area contributed by atoms with Crippen molar-refractivity contribution in [2.45, 2.75) is 45.8 Å². The lowest BCUT2D eigenvalue weighted by Crippen LogP contribution is -2.39. The third-order valence-corrected chi connectivity index (χ3v) is 3.77. The average molecular weight is 372 g/mol. The Morgan fingerprint density at radius 1 is 1.07 bits per heavy atom. The van der Waals surface area contributed by atoms with E-state index in [1.165, 1.54) is 6.92 Å². The summed E-state index contributed by atoms with van der Waals surface area (Å²) in [6, 6.07) is 6.40. The van der Waals surface area contributed by atoms with Gasteiger partial charge < -0.3 is 21.5 Å². The van der Waals surface area contributed by atoms with Gasteiger partial charge in [-0.25, -0.2) is 4.79 Å². The summed E-state index contributed by atoms with van der Waals surface area (Å²) in [5, 5.41) is 2.60. The second-order valence-electron chi connectivity index (χ2n) is 7.10. The number of nitrogen functional groups attached to an aromatic ring is 2. The zero-order chi connectivity index (χ0) is 20.2. The Morgan fingerprint density at radius 3 is 2.15 bits per heavy atom. The molecule has 9 heteroatoms. The van der Waals surface area contributed by atoms with Crippen LogP contribution >= 0.6 is 0 Å². The van der Waals surface area contributed by atoms with E-state index >= 15 is 0 Å². The Kier molecular flexibility index (Phi) is 5.94. The zero-order valence-electron chi connectivity index (χ0n) is 15.8. The molecule has 1 atom stereocenters. The monoisotopic (exact) mass is 372 g/mol. The smallest absolute Gasteiger partial charge is 0.328 e. The third-order valence-electron chi connectivity index (χ3n) is 3.77. The molecule has 0 aliphatic carbocycles. The maximum atomic E-state index is 12.3. The molecule has 1 amide bonds. The van der Waals surface area contributed by atoms with Crippen molar-refractivity contribution in [1.29, 1.82) is 0 Å². The summed E-state index contributed by atoms with van der Waals surface area (Å²) in [5.74, 6) is -0.993. The summed E-state index contributed by atoms with van der Waals surface area (Å²) < 4.78 is 5.08.